The minimum Gasteiger partial charge on any atom is -0.381 e. The van der Waals surface area contributed by atoms with Crippen LogP contribution in [-0.2, 0) is 21.5 Å². The lowest BCUT2D eigenvalue weighted by Crippen LogP contribution is -2.43. The highest BCUT2D eigenvalue weighted by Gasteiger charge is 2.31. The number of likely N-dealkylation sites (tertiary alicyclic amines) is 1. The fourth-order valence-electron chi connectivity index (χ4n) is 3.55. The maximum atomic E-state index is 12.5. The molecule has 1 aromatic heterocycles. The van der Waals surface area contributed by atoms with Crippen LogP contribution >= 0.6 is 0 Å². The molecule has 1 atom stereocenters. The Morgan fingerprint density at radius 2 is 1.96 bits per heavy atom. The third-order valence-electron chi connectivity index (χ3n) is 5.27. The maximum Gasteiger partial charge on any atom is 0.266 e. The van der Waals surface area contributed by atoms with Crippen molar-refractivity contribution in [2.75, 3.05) is 26.3 Å². The number of carbonyl (C=O) groups excluding carboxylic acids is 1. The predicted molar refractivity (Wildman–Crippen MR) is 95.4 cm³/mol. The van der Waals surface area contributed by atoms with E-state index in [9.17, 15) is 9.59 Å². The summed E-state index contributed by atoms with van der Waals surface area (Å²) in [4.78, 5) is 26.6. The van der Waals surface area contributed by atoms with Gasteiger partial charge in [0.05, 0.1) is 18.2 Å². The first-order valence-electron chi connectivity index (χ1n) is 9.30. The lowest BCUT2D eigenvalue weighted by molar-refractivity contribution is -0.137. The Labute approximate surface area is 149 Å². The van der Waals surface area contributed by atoms with Crippen LogP contribution in [0.15, 0.2) is 16.9 Å². The van der Waals surface area contributed by atoms with Crippen LogP contribution < -0.4 is 5.56 Å². The van der Waals surface area contributed by atoms with Crippen molar-refractivity contribution in [1.29, 1.82) is 0 Å². The summed E-state index contributed by atoms with van der Waals surface area (Å²) >= 11 is 0. The third-order valence-corrected chi connectivity index (χ3v) is 5.27. The van der Waals surface area contributed by atoms with Crippen molar-refractivity contribution >= 4 is 5.91 Å². The third kappa shape index (κ3) is 4.29. The molecule has 3 heterocycles. The second-order valence-electron chi connectivity index (χ2n) is 8.32. The first-order chi connectivity index (χ1) is 11.8. The molecule has 0 radical (unpaired) electrons. The topological polar surface area (TPSA) is 64.4 Å². The van der Waals surface area contributed by atoms with Crippen molar-refractivity contribution < 1.29 is 9.53 Å². The summed E-state index contributed by atoms with van der Waals surface area (Å²) in [6.45, 7) is 9.74. The molecule has 2 saturated heterocycles. The van der Waals surface area contributed by atoms with E-state index < -0.39 is 0 Å². The molecule has 2 aliphatic heterocycles. The van der Waals surface area contributed by atoms with Crippen molar-refractivity contribution in [3.8, 4) is 0 Å². The SMILES string of the molecule is CC(C)(C)c1ccc(=O)n(CC2CCN(C(=O)C3CCOC3)CC2)n1. The first-order valence-corrected chi connectivity index (χ1v) is 9.30. The minimum atomic E-state index is -0.0748. The van der Waals surface area contributed by atoms with Crippen LogP contribution in [0.25, 0.3) is 0 Å². The zero-order chi connectivity index (χ0) is 18.0. The zero-order valence-corrected chi connectivity index (χ0v) is 15.5. The number of piperidine rings is 1. The van der Waals surface area contributed by atoms with Crippen molar-refractivity contribution in [3.63, 3.8) is 0 Å². The summed E-state index contributed by atoms with van der Waals surface area (Å²) in [6, 6.07) is 3.44. The Kier molecular flexibility index (Phi) is 5.27. The number of rotatable bonds is 3. The van der Waals surface area contributed by atoms with Gasteiger partial charge >= 0.3 is 0 Å². The van der Waals surface area contributed by atoms with E-state index in [2.05, 4.69) is 25.9 Å². The fourth-order valence-corrected chi connectivity index (χ4v) is 3.55. The van der Waals surface area contributed by atoms with Crippen molar-refractivity contribution in [2.24, 2.45) is 11.8 Å². The monoisotopic (exact) mass is 347 g/mol. The Bertz CT molecular complexity index is 663. The van der Waals surface area contributed by atoms with Crippen molar-refractivity contribution in [2.45, 2.75) is 52.0 Å². The maximum absolute atomic E-state index is 12.5. The number of hydrogen-bond acceptors (Lipinski definition) is 4. The molecule has 0 bridgehead atoms. The lowest BCUT2D eigenvalue weighted by Gasteiger charge is -2.33. The molecule has 1 amide bonds. The van der Waals surface area contributed by atoms with E-state index in [1.807, 2.05) is 11.0 Å². The van der Waals surface area contributed by atoms with Gasteiger partial charge in [-0.1, -0.05) is 20.8 Å². The average Bonchev–Trinajstić information content (AvgIpc) is 3.10. The van der Waals surface area contributed by atoms with E-state index >= 15 is 0 Å². The van der Waals surface area contributed by atoms with Gasteiger partial charge in [-0.2, -0.15) is 5.10 Å². The van der Waals surface area contributed by atoms with E-state index in [0.29, 0.717) is 25.7 Å². The average molecular weight is 347 g/mol. The quantitative estimate of drug-likeness (QED) is 0.837. The smallest absolute Gasteiger partial charge is 0.266 e. The standard InChI is InChI=1S/C19H29N3O3/c1-19(2,3)16-4-5-17(23)22(20-16)12-14-6-9-21(10-7-14)18(24)15-8-11-25-13-15/h4-5,14-15H,6-13H2,1-3H3. The van der Waals surface area contributed by atoms with Crippen LogP contribution in [0, 0.1) is 11.8 Å². The van der Waals surface area contributed by atoms with E-state index in [0.717, 1.165) is 38.0 Å². The molecule has 6 nitrogen and oxygen atoms in total. The zero-order valence-electron chi connectivity index (χ0n) is 15.5. The predicted octanol–water partition coefficient (Wildman–Crippen LogP) is 1.82. The second-order valence-corrected chi connectivity index (χ2v) is 8.32. The fraction of sp³-hybridized carbons (Fsp3) is 0.737. The van der Waals surface area contributed by atoms with Crippen molar-refractivity contribution in [3.05, 3.63) is 28.2 Å². The molecule has 0 spiro atoms. The molecule has 0 aliphatic carbocycles. The molecule has 1 unspecified atom stereocenters. The summed E-state index contributed by atoms with van der Waals surface area (Å²) in [5.41, 5.74) is 0.810. The molecule has 2 aliphatic rings. The number of nitrogens with zero attached hydrogens (tertiary/aromatic N) is 3. The summed E-state index contributed by atoms with van der Waals surface area (Å²) in [6.07, 6.45) is 2.69. The highest BCUT2D eigenvalue weighted by atomic mass is 16.5. The number of aromatic nitrogens is 2. The molecule has 138 valence electrons. The molecule has 0 saturated carbocycles. The summed E-state index contributed by atoms with van der Waals surface area (Å²) in [5, 5.41) is 4.56. The van der Waals surface area contributed by atoms with Crippen molar-refractivity contribution in [1.82, 2.24) is 14.7 Å². The summed E-state index contributed by atoms with van der Waals surface area (Å²) < 4.78 is 6.93. The molecule has 3 rings (SSSR count). The first kappa shape index (κ1) is 18.1. The van der Waals surface area contributed by atoms with Gasteiger partial charge in [0.1, 0.15) is 0 Å². The summed E-state index contributed by atoms with van der Waals surface area (Å²) in [7, 11) is 0. The van der Waals surface area contributed by atoms with Crippen LogP contribution in [0.5, 0.6) is 0 Å². The Hall–Kier alpha value is -1.69. The van der Waals surface area contributed by atoms with Gasteiger partial charge in [0.2, 0.25) is 5.91 Å². The number of ether oxygens (including phenoxy) is 1. The van der Waals surface area contributed by atoms with Crippen LogP contribution in [0.4, 0.5) is 0 Å². The van der Waals surface area contributed by atoms with Gasteiger partial charge in [-0.3, -0.25) is 9.59 Å². The number of carbonyl (C=O) groups is 1. The molecule has 0 N–H and O–H groups in total. The minimum absolute atomic E-state index is 0.0457. The van der Waals surface area contributed by atoms with E-state index in [4.69, 9.17) is 4.74 Å². The van der Waals surface area contributed by atoms with Gasteiger partial charge in [0, 0.05) is 37.7 Å². The van der Waals surface area contributed by atoms with Gasteiger partial charge in [-0.15, -0.1) is 0 Å². The molecule has 25 heavy (non-hydrogen) atoms. The lowest BCUT2D eigenvalue weighted by atomic mass is 9.92. The largest absolute Gasteiger partial charge is 0.381 e. The molecule has 0 aromatic carbocycles. The Morgan fingerprint density at radius 3 is 2.56 bits per heavy atom. The molecule has 2 fully saturated rings. The highest BCUT2D eigenvalue weighted by molar-refractivity contribution is 5.79. The number of hydrogen-bond donors (Lipinski definition) is 0. The van der Waals surface area contributed by atoms with Gasteiger partial charge in [-0.25, -0.2) is 4.68 Å². The molecular formula is C19H29N3O3. The van der Waals surface area contributed by atoms with Crippen LogP contribution in [0.3, 0.4) is 0 Å². The Morgan fingerprint density at radius 1 is 1.24 bits per heavy atom. The summed E-state index contributed by atoms with van der Waals surface area (Å²) in [5.74, 6) is 0.676. The number of amides is 1. The van der Waals surface area contributed by atoms with E-state index in [-0.39, 0.29) is 22.8 Å². The van der Waals surface area contributed by atoms with Crippen LogP contribution in [0.1, 0.15) is 45.7 Å². The molecular weight excluding hydrogens is 318 g/mol. The van der Waals surface area contributed by atoms with Crippen LogP contribution in [0.2, 0.25) is 0 Å². The van der Waals surface area contributed by atoms with Gasteiger partial charge in [0.25, 0.3) is 5.56 Å². The molecule has 6 heteroatoms. The molecule has 1 aromatic rings. The van der Waals surface area contributed by atoms with E-state index in [1.165, 1.54) is 0 Å². The van der Waals surface area contributed by atoms with Crippen LogP contribution in [-0.4, -0.2) is 46.9 Å². The van der Waals surface area contributed by atoms with E-state index in [1.54, 1.807) is 10.7 Å². The second kappa shape index (κ2) is 7.28. The van der Waals surface area contributed by atoms with Gasteiger partial charge in [-0.05, 0) is 31.2 Å². The van der Waals surface area contributed by atoms with Gasteiger partial charge in [0.15, 0.2) is 0 Å². The normalized spacial score (nSPS) is 22.4. The van der Waals surface area contributed by atoms with Gasteiger partial charge < -0.3 is 9.64 Å². The Balaban J connectivity index is 1.59. The highest BCUT2D eigenvalue weighted by Crippen LogP contribution is 2.23.